The van der Waals surface area contributed by atoms with Gasteiger partial charge in [-0.15, -0.1) is 0 Å². The lowest BCUT2D eigenvalue weighted by molar-refractivity contribution is 0.0119. The van der Waals surface area contributed by atoms with Crippen LogP contribution < -0.4 is 0 Å². The molecule has 6 nitrogen and oxygen atoms in total. The number of carbonyl (C=O) groups excluding carboxylic acids is 1. The van der Waals surface area contributed by atoms with Crippen LogP contribution in [0.1, 0.15) is 48.5 Å². The van der Waals surface area contributed by atoms with Crippen molar-refractivity contribution >= 4 is 5.91 Å². The number of hydrogen-bond acceptors (Lipinski definition) is 5. The Labute approximate surface area is 137 Å². The molecule has 2 fully saturated rings. The number of aromatic nitrogens is 1. The highest BCUT2D eigenvalue weighted by Gasteiger charge is 2.38. The molecule has 0 unspecified atom stereocenters. The van der Waals surface area contributed by atoms with Gasteiger partial charge in [0.05, 0.1) is 18.9 Å². The summed E-state index contributed by atoms with van der Waals surface area (Å²) >= 11 is 0. The fourth-order valence-electron chi connectivity index (χ4n) is 3.70. The Kier molecular flexibility index (Phi) is 4.73. The van der Waals surface area contributed by atoms with Crippen molar-refractivity contribution in [2.75, 3.05) is 39.4 Å². The minimum Gasteiger partial charge on any atom is -0.379 e. The molecule has 0 spiro atoms. The molecule has 1 aromatic rings. The van der Waals surface area contributed by atoms with E-state index in [0.29, 0.717) is 29.0 Å². The van der Waals surface area contributed by atoms with Crippen LogP contribution in [0.5, 0.6) is 0 Å². The van der Waals surface area contributed by atoms with Crippen molar-refractivity contribution in [3.05, 3.63) is 17.0 Å². The molecule has 128 valence electrons. The molecule has 0 radical (unpaired) electrons. The maximum absolute atomic E-state index is 13.0. The molecule has 0 aromatic carbocycles. The first-order chi connectivity index (χ1) is 11.0. The van der Waals surface area contributed by atoms with Gasteiger partial charge in [0.25, 0.3) is 5.91 Å². The lowest BCUT2D eigenvalue weighted by Crippen LogP contribution is -2.47. The van der Waals surface area contributed by atoms with Crippen LogP contribution in [-0.2, 0) is 4.74 Å². The van der Waals surface area contributed by atoms with E-state index in [0.717, 1.165) is 39.4 Å². The van der Waals surface area contributed by atoms with E-state index >= 15 is 0 Å². The Morgan fingerprint density at radius 2 is 1.96 bits per heavy atom. The summed E-state index contributed by atoms with van der Waals surface area (Å²) in [7, 11) is 0. The van der Waals surface area contributed by atoms with E-state index in [1.165, 1.54) is 0 Å². The largest absolute Gasteiger partial charge is 0.379 e. The molecule has 0 saturated carbocycles. The topological polar surface area (TPSA) is 58.8 Å². The predicted octanol–water partition coefficient (Wildman–Crippen LogP) is 1.90. The molecule has 1 amide bonds. The molecule has 2 atom stereocenters. The number of ether oxygens (including phenoxy) is 1. The number of amides is 1. The van der Waals surface area contributed by atoms with Gasteiger partial charge in [-0.05, 0) is 12.8 Å². The van der Waals surface area contributed by atoms with Crippen LogP contribution in [0, 0.1) is 12.8 Å². The average molecular weight is 321 g/mol. The van der Waals surface area contributed by atoms with E-state index < -0.39 is 0 Å². The van der Waals surface area contributed by atoms with E-state index in [9.17, 15) is 4.79 Å². The average Bonchev–Trinajstić information content (AvgIpc) is 3.11. The highest BCUT2D eigenvalue weighted by Crippen LogP contribution is 2.28. The van der Waals surface area contributed by atoms with Crippen molar-refractivity contribution < 1.29 is 14.1 Å². The van der Waals surface area contributed by atoms with Gasteiger partial charge in [-0.2, -0.15) is 0 Å². The quantitative estimate of drug-likeness (QED) is 0.851. The molecule has 0 N–H and O–H groups in total. The van der Waals surface area contributed by atoms with Crippen molar-refractivity contribution in [3.63, 3.8) is 0 Å². The Balaban J connectivity index is 1.75. The van der Waals surface area contributed by atoms with Crippen LogP contribution in [0.25, 0.3) is 0 Å². The van der Waals surface area contributed by atoms with E-state index in [1.807, 2.05) is 25.7 Å². The minimum atomic E-state index is 0.0649. The van der Waals surface area contributed by atoms with E-state index in [4.69, 9.17) is 9.26 Å². The third-order valence-corrected chi connectivity index (χ3v) is 5.00. The van der Waals surface area contributed by atoms with Crippen LogP contribution in [0.3, 0.4) is 0 Å². The SMILES string of the molecule is Cc1noc(C(C)C)c1C(=O)N1C[C@H](C)[C@@H](N2CCOCC2)C1. The predicted molar refractivity (Wildman–Crippen MR) is 86.6 cm³/mol. The van der Waals surface area contributed by atoms with Crippen LogP contribution in [0.2, 0.25) is 0 Å². The summed E-state index contributed by atoms with van der Waals surface area (Å²) in [4.78, 5) is 17.4. The zero-order valence-corrected chi connectivity index (χ0v) is 14.5. The molecule has 3 heterocycles. The third-order valence-electron chi connectivity index (χ3n) is 5.00. The molecule has 1 aromatic heterocycles. The molecule has 2 aliphatic heterocycles. The summed E-state index contributed by atoms with van der Waals surface area (Å²) < 4.78 is 10.8. The number of aryl methyl sites for hydroxylation is 1. The zero-order chi connectivity index (χ0) is 16.6. The molecular formula is C17H27N3O3. The van der Waals surface area contributed by atoms with Gasteiger partial charge in [0, 0.05) is 38.1 Å². The third kappa shape index (κ3) is 3.15. The van der Waals surface area contributed by atoms with E-state index in [2.05, 4.69) is 17.0 Å². The van der Waals surface area contributed by atoms with Crippen LogP contribution in [0.15, 0.2) is 4.52 Å². The fourth-order valence-corrected chi connectivity index (χ4v) is 3.70. The first-order valence-corrected chi connectivity index (χ1v) is 8.56. The minimum absolute atomic E-state index is 0.0649. The van der Waals surface area contributed by atoms with Gasteiger partial charge in [0.15, 0.2) is 5.76 Å². The van der Waals surface area contributed by atoms with Gasteiger partial charge in [-0.1, -0.05) is 25.9 Å². The van der Waals surface area contributed by atoms with Gasteiger partial charge < -0.3 is 14.2 Å². The highest BCUT2D eigenvalue weighted by molar-refractivity contribution is 5.96. The number of morpholine rings is 1. The first kappa shape index (κ1) is 16.5. The molecular weight excluding hydrogens is 294 g/mol. The summed E-state index contributed by atoms with van der Waals surface area (Å²) in [6.07, 6.45) is 0. The van der Waals surface area contributed by atoms with Crippen molar-refractivity contribution in [3.8, 4) is 0 Å². The fraction of sp³-hybridized carbons (Fsp3) is 0.765. The lowest BCUT2D eigenvalue weighted by Gasteiger charge is -2.33. The summed E-state index contributed by atoms with van der Waals surface area (Å²) in [6.45, 7) is 13.2. The van der Waals surface area contributed by atoms with Gasteiger partial charge in [0.2, 0.25) is 0 Å². The molecule has 2 aliphatic rings. The Hall–Kier alpha value is -1.40. The Bertz CT molecular complexity index is 563. The smallest absolute Gasteiger partial charge is 0.259 e. The standard InChI is InChI=1S/C17H27N3O3/c1-11(2)16-15(13(4)18-23-16)17(21)20-9-12(3)14(10-20)19-5-7-22-8-6-19/h11-12,14H,5-10H2,1-4H3/t12-,14-/m0/s1. The summed E-state index contributed by atoms with van der Waals surface area (Å²) in [6, 6.07) is 0.422. The Morgan fingerprint density at radius 3 is 2.61 bits per heavy atom. The number of likely N-dealkylation sites (tertiary alicyclic amines) is 1. The maximum Gasteiger partial charge on any atom is 0.259 e. The second-order valence-electron chi connectivity index (χ2n) is 7.07. The number of hydrogen-bond donors (Lipinski definition) is 0. The van der Waals surface area contributed by atoms with Crippen molar-refractivity contribution in [2.45, 2.75) is 39.7 Å². The first-order valence-electron chi connectivity index (χ1n) is 8.56. The van der Waals surface area contributed by atoms with Crippen LogP contribution >= 0.6 is 0 Å². The second-order valence-corrected chi connectivity index (χ2v) is 7.07. The van der Waals surface area contributed by atoms with Crippen LogP contribution in [-0.4, -0.2) is 66.3 Å². The van der Waals surface area contributed by atoms with Crippen molar-refractivity contribution in [1.29, 1.82) is 0 Å². The summed E-state index contributed by atoms with van der Waals surface area (Å²) in [5, 5.41) is 4.01. The number of carbonyl (C=O) groups is 1. The maximum atomic E-state index is 13.0. The lowest BCUT2D eigenvalue weighted by atomic mass is 10.0. The van der Waals surface area contributed by atoms with Gasteiger partial charge in [0.1, 0.15) is 5.56 Å². The van der Waals surface area contributed by atoms with E-state index in [-0.39, 0.29) is 11.8 Å². The molecule has 23 heavy (non-hydrogen) atoms. The zero-order valence-electron chi connectivity index (χ0n) is 14.5. The van der Waals surface area contributed by atoms with Gasteiger partial charge >= 0.3 is 0 Å². The number of nitrogens with zero attached hydrogens (tertiary/aromatic N) is 3. The van der Waals surface area contributed by atoms with Gasteiger partial charge in [-0.3, -0.25) is 9.69 Å². The normalized spacial score (nSPS) is 26.2. The molecule has 2 saturated heterocycles. The van der Waals surface area contributed by atoms with Crippen molar-refractivity contribution in [1.82, 2.24) is 15.0 Å². The summed E-state index contributed by atoms with van der Waals surface area (Å²) in [5.74, 6) is 1.40. The summed E-state index contributed by atoms with van der Waals surface area (Å²) in [5.41, 5.74) is 1.36. The Morgan fingerprint density at radius 1 is 1.26 bits per heavy atom. The van der Waals surface area contributed by atoms with E-state index in [1.54, 1.807) is 0 Å². The van der Waals surface area contributed by atoms with Crippen molar-refractivity contribution in [2.24, 2.45) is 5.92 Å². The number of rotatable bonds is 3. The van der Waals surface area contributed by atoms with Crippen LogP contribution in [0.4, 0.5) is 0 Å². The molecule has 3 rings (SSSR count). The molecule has 0 aliphatic carbocycles. The second kappa shape index (κ2) is 6.61. The highest BCUT2D eigenvalue weighted by atomic mass is 16.5. The van der Waals surface area contributed by atoms with Gasteiger partial charge in [-0.25, -0.2) is 0 Å². The monoisotopic (exact) mass is 321 g/mol. The molecule has 0 bridgehead atoms. The molecule has 6 heteroatoms.